The number of carbonyl (C=O) groups is 1. The Hall–Kier alpha value is -3.15. The van der Waals surface area contributed by atoms with Gasteiger partial charge in [0.15, 0.2) is 0 Å². The van der Waals surface area contributed by atoms with Crippen molar-refractivity contribution in [2.24, 2.45) is 0 Å². The molecule has 0 aliphatic rings. The van der Waals surface area contributed by atoms with E-state index < -0.39 is 0 Å². The summed E-state index contributed by atoms with van der Waals surface area (Å²) in [5, 5.41) is 3.81. The average Bonchev–Trinajstić information content (AvgIpc) is 3.08. The van der Waals surface area contributed by atoms with Crippen LogP contribution in [0, 0.1) is 6.92 Å². The van der Waals surface area contributed by atoms with Crippen LogP contribution >= 0.6 is 0 Å². The topological polar surface area (TPSA) is 68.5 Å². The molecular weight excluding hydrogens is 318 g/mol. The molecule has 0 saturated carbocycles. The standard InChI is InChI=1S/C19H19N3O3/c1-14-11-18(25-21-14)19(23)22(12-15-7-9-20-10-8-15)13-16-5-3-4-6-17(16)24-2/h3-11H,12-13H2,1-2H3. The number of carbonyl (C=O) groups excluding carboxylic acids is 1. The fourth-order valence-electron chi connectivity index (χ4n) is 2.57. The molecule has 0 spiro atoms. The van der Waals surface area contributed by atoms with E-state index in [0.717, 1.165) is 16.9 Å². The summed E-state index contributed by atoms with van der Waals surface area (Å²) >= 11 is 0. The van der Waals surface area contributed by atoms with Gasteiger partial charge in [-0.15, -0.1) is 0 Å². The zero-order valence-electron chi connectivity index (χ0n) is 14.2. The molecule has 0 atom stereocenters. The van der Waals surface area contributed by atoms with Crippen LogP contribution in [0.2, 0.25) is 0 Å². The van der Waals surface area contributed by atoms with Crippen LogP contribution < -0.4 is 4.74 Å². The predicted molar refractivity (Wildman–Crippen MR) is 92.0 cm³/mol. The molecule has 0 saturated heterocycles. The largest absolute Gasteiger partial charge is 0.496 e. The SMILES string of the molecule is COc1ccccc1CN(Cc1ccncc1)C(=O)c1cc(C)no1. The highest BCUT2D eigenvalue weighted by molar-refractivity contribution is 5.91. The number of hydrogen-bond donors (Lipinski definition) is 0. The van der Waals surface area contributed by atoms with Crippen LogP contribution in [0.15, 0.2) is 59.4 Å². The number of amides is 1. The molecule has 1 amide bonds. The van der Waals surface area contributed by atoms with Gasteiger partial charge in [-0.3, -0.25) is 9.78 Å². The van der Waals surface area contributed by atoms with E-state index in [9.17, 15) is 4.79 Å². The molecule has 0 fully saturated rings. The summed E-state index contributed by atoms with van der Waals surface area (Å²) in [6, 6.07) is 13.1. The van der Waals surface area contributed by atoms with Crippen molar-refractivity contribution in [1.29, 1.82) is 0 Å². The summed E-state index contributed by atoms with van der Waals surface area (Å²) in [5.74, 6) is 0.744. The summed E-state index contributed by atoms with van der Waals surface area (Å²) in [5.41, 5.74) is 2.57. The van der Waals surface area contributed by atoms with Crippen molar-refractivity contribution in [1.82, 2.24) is 15.0 Å². The Morgan fingerprint density at radius 3 is 2.60 bits per heavy atom. The lowest BCUT2D eigenvalue weighted by Gasteiger charge is -2.22. The van der Waals surface area contributed by atoms with Crippen molar-refractivity contribution in [3.8, 4) is 5.75 Å². The fraction of sp³-hybridized carbons (Fsp3) is 0.211. The zero-order chi connectivity index (χ0) is 17.6. The van der Waals surface area contributed by atoms with Gasteiger partial charge in [-0.25, -0.2) is 0 Å². The number of nitrogens with zero attached hydrogens (tertiary/aromatic N) is 3. The summed E-state index contributed by atoms with van der Waals surface area (Å²) in [7, 11) is 1.62. The number of benzene rings is 1. The lowest BCUT2D eigenvalue weighted by atomic mass is 10.1. The Morgan fingerprint density at radius 1 is 1.16 bits per heavy atom. The Kier molecular flexibility index (Phi) is 5.09. The average molecular weight is 337 g/mol. The predicted octanol–water partition coefficient (Wildman–Crippen LogP) is 3.23. The molecule has 0 unspecified atom stereocenters. The molecule has 0 N–H and O–H groups in total. The Bertz CT molecular complexity index is 846. The van der Waals surface area contributed by atoms with Gasteiger partial charge >= 0.3 is 0 Å². The highest BCUT2D eigenvalue weighted by atomic mass is 16.5. The summed E-state index contributed by atoms with van der Waals surface area (Å²) in [6.07, 6.45) is 3.42. The van der Waals surface area contributed by atoms with Crippen LogP contribution in [0.5, 0.6) is 5.75 Å². The van der Waals surface area contributed by atoms with Gasteiger partial charge in [0.05, 0.1) is 19.3 Å². The number of para-hydroxylation sites is 1. The first-order valence-corrected chi connectivity index (χ1v) is 7.91. The second-order valence-electron chi connectivity index (χ2n) is 5.66. The minimum absolute atomic E-state index is 0.219. The normalized spacial score (nSPS) is 10.5. The molecule has 1 aromatic carbocycles. The van der Waals surface area contributed by atoms with Crippen LogP contribution in [0.4, 0.5) is 0 Å². The molecule has 6 heteroatoms. The van der Waals surface area contributed by atoms with Crippen molar-refractivity contribution in [2.45, 2.75) is 20.0 Å². The second-order valence-corrected chi connectivity index (χ2v) is 5.66. The summed E-state index contributed by atoms with van der Waals surface area (Å²) in [6.45, 7) is 2.61. The maximum atomic E-state index is 12.9. The molecule has 2 aromatic heterocycles. The van der Waals surface area contributed by atoms with Gasteiger partial charge in [-0.2, -0.15) is 0 Å². The Balaban J connectivity index is 1.89. The molecule has 128 valence electrons. The molecule has 0 bridgehead atoms. The van der Waals surface area contributed by atoms with Crippen LogP contribution in [0.3, 0.4) is 0 Å². The van der Waals surface area contributed by atoms with Gasteiger partial charge in [-0.05, 0) is 30.7 Å². The molecular formula is C19H19N3O3. The third-order valence-electron chi connectivity index (χ3n) is 3.80. The molecule has 6 nitrogen and oxygen atoms in total. The van der Waals surface area contributed by atoms with Crippen molar-refractivity contribution in [3.63, 3.8) is 0 Å². The van der Waals surface area contributed by atoms with Crippen molar-refractivity contribution < 1.29 is 14.1 Å². The number of methoxy groups -OCH3 is 1. The smallest absolute Gasteiger partial charge is 0.293 e. The minimum Gasteiger partial charge on any atom is -0.496 e. The van der Waals surface area contributed by atoms with E-state index in [1.807, 2.05) is 36.4 Å². The first-order chi connectivity index (χ1) is 12.2. The zero-order valence-corrected chi connectivity index (χ0v) is 14.2. The third kappa shape index (κ3) is 4.03. The second kappa shape index (κ2) is 7.61. The van der Waals surface area contributed by atoms with Crippen molar-refractivity contribution in [2.75, 3.05) is 7.11 Å². The molecule has 2 heterocycles. The fourth-order valence-corrected chi connectivity index (χ4v) is 2.57. The quantitative estimate of drug-likeness (QED) is 0.691. The number of rotatable bonds is 6. The third-order valence-corrected chi connectivity index (χ3v) is 3.80. The highest BCUT2D eigenvalue weighted by Crippen LogP contribution is 2.22. The molecule has 3 aromatic rings. The van der Waals surface area contributed by atoms with Gasteiger partial charge in [-0.1, -0.05) is 23.4 Å². The maximum absolute atomic E-state index is 12.9. The number of ether oxygens (including phenoxy) is 1. The molecule has 25 heavy (non-hydrogen) atoms. The van der Waals surface area contributed by atoms with E-state index in [2.05, 4.69) is 10.1 Å². The lowest BCUT2D eigenvalue weighted by Crippen LogP contribution is -2.30. The number of hydrogen-bond acceptors (Lipinski definition) is 5. The van der Waals surface area contributed by atoms with Crippen molar-refractivity contribution in [3.05, 3.63) is 77.4 Å². The first-order valence-electron chi connectivity index (χ1n) is 7.91. The maximum Gasteiger partial charge on any atom is 0.293 e. The highest BCUT2D eigenvalue weighted by Gasteiger charge is 2.21. The molecule has 0 radical (unpaired) electrons. The van der Waals surface area contributed by atoms with Crippen LogP contribution in [-0.2, 0) is 13.1 Å². The number of aromatic nitrogens is 2. The van der Waals surface area contributed by atoms with E-state index in [1.165, 1.54) is 0 Å². The minimum atomic E-state index is -0.219. The Labute approximate surface area is 146 Å². The molecule has 0 aliphatic carbocycles. The van der Waals surface area contributed by atoms with Crippen LogP contribution in [0.1, 0.15) is 27.4 Å². The number of aryl methyl sites for hydroxylation is 1. The summed E-state index contributed by atoms with van der Waals surface area (Å²) in [4.78, 5) is 18.6. The van der Waals surface area contributed by atoms with E-state index in [-0.39, 0.29) is 11.7 Å². The van der Waals surface area contributed by atoms with Gasteiger partial charge in [0.1, 0.15) is 5.75 Å². The van der Waals surface area contributed by atoms with E-state index in [0.29, 0.717) is 18.8 Å². The first kappa shape index (κ1) is 16.7. The summed E-state index contributed by atoms with van der Waals surface area (Å²) < 4.78 is 10.6. The van der Waals surface area contributed by atoms with Gasteiger partial charge in [0.25, 0.3) is 5.91 Å². The molecule has 0 aliphatic heterocycles. The van der Waals surface area contributed by atoms with Crippen molar-refractivity contribution >= 4 is 5.91 Å². The van der Waals surface area contributed by atoms with Gasteiger partial charge in [0.2, 0.25) is 5.76 Å². The van der Waals surface area contributed by atoms with Gasteiger partial charge in [0, 0.05) is 30.6 Å². The monoisotopic (exact) mass is 337 g/mol. The van der Waals surface area contributed by atoms with E-state index in [1.54, 1.807) is 37.4 Å². The van der Waals surface area contributed by atoms with E-state index >= 15 is 0 Å². The Morgan fingerprint density at radius 2 is 1.92 bits per heavy atom. The van der Waals surface area contributed by atoms with Gasteiger partial charge < -0.3 is 14.2 Å². The lowest BCUT2D eigenvalue weighted by molar-refractivity contribution is 0.0686. The molecule has 3 rings (SSSR count). The number of pyridine rings is 1. The van der Waals surface area contributed by atoms with Crippen LogP contribution in [0.25, 0.3) is 0 Å². The van der Waals surface area contributed by atoms with E-state index in [4.69, 9.17) is 9.26 Å². The van der Waals surface area contributed by atoms with Crippen LogP contribution in [-0.4, -0.2) is 28.1 Å².